The van der Waals surface area contributed by atoms with E-state index in [0.717, 1.165) is 35.5 Å². The summed E-state index contributed by atoms with van der Waals surface area (Å²) in [5.74, 6) is 5.54. The van der Waals surface area contributed by atoms with Crippen LogP contribution in [0.1, 0.15) is 126 Å². The standard InChI is InChI=1S/2C20H25.CH2.2ClH.Zr/c2*1-2-9-16(8-1)20(17-10-3-4-11-17)19-14-13-15-7-5-6-12-18(15)19;;;;/h2*5-7,12-14,16-17,20H,1-4,8-11H2;1H2;2*1H;/q2*-1;;;;+2/p-2. The molecule has 0 amide bonds. The molecule has 0 aliphatic heterocycles. The van der Waals surface area contributed by atoms with E-state index in [1.807, 2.05) is 0 Å². The van der Waals surface area contributed by atoms with E-state index in [4.69, 9.17) is 17.0 Å². The summed E-state index contributed by atoms with van der Waals surface area (Å²) >= 11 is -1.85. The van der Waals surface area contributed by atoms with E-state index in [9.17, 15) is 0 Å². The van der Waals surface area contributed by atoms with Crippen LogP contribution in [0.4, 0.5) is 0 Å². The molecule has 0 nitrogen and oxygen atoms in total. The molecule has 0 N–H and O–H groups in total. The van der Waals surface area contributed by atoms with Crippen LogP contribution >= 0.6 is 17.0 Å². The second-order valence-electron chi connectivity index (χ2n) is 14.3. The summed E-state index contributed by atoms with van der Waals surface area (Å²) in [5.41, 5.74) is 3.36. The van der Waals surface area contributed by atoms with Crippen LogP contribution in [-0.2, 0) is 18.9 Å². The van der Waals surface area contributed by atoms with Gasteiger partial charge in [0.05, 0.1) is 0 Å². The number of fused-ring (bicyclic) bond motifs is 2. The van der Waals surface area contributed by atoms with Crippen molar-refractivity contribution in [2.75, 3.05) is 0 Å². The zero-order valence-corrected chi connectivity index (χ0v) is 30.6. The Morgan fingerprint density at radius 3 is 1.09 bits per heavy atom. The summed E-state index contributed by atoms with van der Waals surface area (Å²) in [6.45, 7) is 0. The monoisotopic (exact) mass is 704 g/mol. The van der Waals surface area contributed by atoms with Gasteiger partial charge in [0.2, 0.25) is 0 Å². The van der Waals surface area contributed by atoms with Gasteiger partial charge in [-0.3, -0.25) is 0 Å². The Hall–Kier alpha value is -1.01. The fraction of sp³-hybridized carbons (Fsp3) is 0.537. The Balaban J connectivity index is 0.000000139. The maximum Gasteiger partial charge on any atom is -0.0430 e. The maximum absolute atomic E-state index is 5.13. The molecular formula is C41H52Cl2Zr-2. The number of benzene rings is 2. The first-order valence-electron chi connectivity index (χ1n) is 17.9. The predicted molar refractivity (Wildman–Crippen MR) is 191 cm³/mol. The van der Waals surface area contributed by atoms with Crippen LogP contribution in [0, 0.1) is 23.7 Å². The second kappa shape index (κ2) is 16.2. The Morgan fingerprint density at radius 2 is 0.795 bits per heavy atom. The third-order valence-electron chi connectivity index (χ3n) is 11.8. The van der Waals surface area contributed by atoms with Crippen molar-refractivity contribution >= 4 is 42.8 Å². The van der Waals surface area contributed by atoms with Crippen LogP contribution in [0.3, 0.4) is 0 Å². The first-order chi connectivity index (χ1) is 21.6. The van der Waals surface area contributed by atoms with E-state index >= 15 is 0 Å². The van der Waals surface area contributed by atoms with Gasteiger partial charge in [0, 0.05) is 0 Å². The van der Waals surface area contributed by atoms with Crippen molar-refractivity contribution in [1.82, 2.24) is 0 Å². The summed E-state index contributed by atoms with van der Waals surface area (Å²) in [7, 11) is 10.3. The smallest absolute Gasteiger partial charge is 0.0430 e. The van der Waals surface area contributed by atoms with Crippen LogP contribution in [-0.4, -0.2) is 4.21 Å². The molecule has 0 saturated heterocycles. The van der Waals surface area contributed by atoms with Crippen LogP contribution in [0.15, 0.2) is 72.8 Å². The molecule has 8 rings (SSSR count). The Labute approximate surface area is 281 Å². The molecule has 0 spiro atoms. The second-order valence-corrected chi connectivity index (χ2v) is 22.5. The van der Waals surface area contributed by atoms with Crippen molar-refractivity contribution in [3.8, 4) is 0 Å². The van der Waals surface area contributed by atoms with Gasteiger partial charge in [0.15, 0.2) is 0 Å². The summed E-state index contributed by atoms with van der Waals surface area (Å²) in [6.07, 6.45) is 23.5. The summed E-state index contributed by atoms with van der Waals surface area (Å²) in [5, 5.41) is 5.97. The van der Waals surface area contributed by atoms with Gasteiger partial charge >= 0.3 is 40.1 Å². The largest absolute Gasteiger partial charge is 0.150 e. The van der Waals surface area contributed by atoms with Crippen LogP contribution in [0.25, 0.3) is 21.5 Å². The van der Waals surface area contributed by atoms with E-state index in [2.05, 4.69) is 77.0 Å². The number of halogens is 2. The fourth-order valence-corrected chi connectivity index (χ4v) is 9.98. The van der Waals surface area contributed by atoms with Gasteiger partial charge in [0.25, 0.3) is 0 Å². The van der Waals surface area contributed by atoms with Gasteiger partial charge in [-0.15, -0.1) is 93.3 Å². The molecule has 4 aromatic rings. The molecule has 0 aromatic heterocycles. The third-order valence-corrected chi connectivity index (χ3v) is 11.8. The molecule has 0 heterocycles. The van der Waals surface area contributed by atoms with E-state index < -0.39 is 18.9 Å². The van der Waals surface area contributed by atoms with E-state index in [1.165, 1.54) is 124 Å². The van der Waals surface area contributed by atoms with Gasteiger partial charge < -0.3 is 0 Å². The van der Waals surface area contributed by atoms with E-state index in [1.54, 1.807) is 11.1 Å². The minimum atomic E-state index is -1.85. The topological polar surface area (TPSA) is 0 Å². The van der Waals surface area contributed by atoms with Crippen LogP contribution in [0.2, 0.25) is 0 Å². The molecule has 4 aliphatic rings. The van der Waals surface area contributed by atoms with Gasteiger partial charge in [-0.1, -0.05) is 127 Å². The molecule has 236 valence electrons. The molecule has 0 bridgehead atoms. The molecule has 0 radical (unpaired) electrons. The molecule has 4 aliphatic carbocycles. The average Bonchev–Trinajstić information content (AvgIpc) is 3.89. The number of hydrogen-bond donors (Lipinski definition) is 0. The van der Waals surface area contributed by atoms with E-state index in [0.29, 0.717) is 0 Å². The summed E-state index contributed by atoms with van der Waals surface area (Å²) in [6, 6.07) is 27.6. The first-order valence-corrected chi connectivity index (χ1v) is 26.0. The zero-order chi connectivity index (χ0) is 30.3. The zero-order valence-electron chi connectivity index (χ0n) is 26.7. The Morgan fingerprint density at radius 1 is 0.523 bits per heavy atom. The van der Waals surface area contributed by atoms with Crippen molar-refractivity contribution in [3.05, 3.63) is 83.9 Å². The third kappa shape index (κ3) is 7.92. The molecular weight excluding hydrogens is 655 g/mol. The summed E-state index contributed by atoms with van der Waals surface area (Å²) in [4.78, 5) is 0. The predicted octanol–water partition coefficient (Wildman–Crippen LogP) is 13.4. The van der Waals surface area contributed by atoms with Crippen molar-refractivity contribution in [2.45, 2.75) is 115 Å². The Bertz CT molecular complexity index is 1310. The molecule has 3 heteroatoms. The van der Waals surface area contributed by atoms with Crippen LogP contribution in [0.5, 0.6) is 0 Å². The summed E-state index contributed by atoms with van der Waals surface area (Å²) < 4.78 is 3.37. The molecule has 0 atom stereocenters. The van der Waals surface area contributed by atoms with Crippen molar-refractivity contribution in [3.63, 3.8) is 0 Å². The van der Waals surface area contributed by atoms with Crippen molar-refractivity contribution < 1.29 is 18.9 Å². The van der Waals surface area contributed by atoms with E-state index in [-0.39, 0.29) is 0 Å². The Kier molecular flexibility index (Phi) is 12.1. The van der Waals surface area contributed by atoms with Gasteiger partial charge in [-0.2, -0.15) is 0 Å². The molecule has 4 fully saturated rings. The minimum Gasteiger partial charge on any atom is -0.150 e. The SMILES string of the molecule is [CH2]=[Zr]([Cl])[Cl].c1ccc2c(C(C3CCCC3)C3CCCC3)c[cH-]c2c1.c1ccc2c(C(C3CCCC3)C3CCCC3)c[cH-]c2c1. The maximum atomic E-state index is 5.13. The number of hydrogen-bond acceptors (Lipinski definition) is 0. The molecule has 0 unspecified atom stereocenters. The van der Waals surface area contributed by atoms with Gasteiger partial charge in [0.1, 0.15) is 0 Å². The fourth-order valence-electron chi connectivity index (χ4n) is 9.98. The normalized spacial score (nSPS) is 20.1. The molecule has 4 aromatic carbocycles. The van der Waals surface area contributed by atoms with Crippen molar-refractivity contribution in [2.24, 2.45) is 23.7 Å². The quantitative estimate of drug-likeness (QED) is 0.175. The van der Waals surface area contributed by atoms with Crippen LogP contribution < -0.4 is 0 Å². The van der Waals surface area contributed by atoms with Gasteiger partial charge in [-0.05, 0) is 23.7 Å². The van der Waals surface area contributed by atoms with Gasteiger partial charge in [-0.25, -0.2) is 0 Å². The van der Waals surface area contributed by atoms with Crippen molar-refractivity contribution in [1.29, 1.82) is 0 Å². The average molecular weight is 707 g/mol. The molecule has 44 heavy (non-hydrogen) atoms. The number of rotatable bonds is 6. The first kappa shape index (κ1) is 32.9. The molecule has 4 saturated carbocycles. The minimum absolute atomic E-state index is 0.847.